The Morgan fingerprint density at radius 2 is 2.25 bits per heavy atom. The Hall–Kier alpha value is 1.14. The number of unbranched alkanes of at least 4 members (excludes halogenated alkanes) is 1. The maximum atomic E-state index is 9.32. The Bertz CT molecular complexity index is 150. The van der Waals surface area contributed by atoms with Crippen molar-refractivity contribution in [3.05, 3.63) is 0 Å². The zero-order chi connectivity index (χ0) is 9.45. The number of hydrogen-bond acceptors (Lipinski definition) is 3. The van der Waals surface area contributed by atoms with E-state index in [1.807, 2.05) is 6.26 Å². The monoisotopic (exact) mass is 244 g/mol. The summed E-state index contributed by atoms with van der Waals surface area (Å²) in [4.78, 5) is 9.32. The normalized spacial score (nSPS) is 16.9. The van der Waals surface area contributed by atoms with Crippen LogP contribution in [0.25, 0.3) is 0 Å². The van der Waals surface area contributed by atoms with Gasteiger partial charge in [-0.1, -0.05) is 18.2 Å². The second kappa shape index (κ2) is 7.53. The zero-order valence-electron chi connectivity index (χ0n) is 7.65. The molecule has 6 heteroatoms. The highest BCUT2D eigenvalue weighted by Crippen LogP contribution is 2.36. The Morgan fingerprint density at radius 1 is 1.58 bits per heavy atom. The molecule has 0 aliphatic rings. The minimum absolute atomic E-state index is 0.293. The average Bonchev–Trinajstić information content (AvgIpc) is 1.94. The second-order valence-corrected chi connectivity index (χ2v) is 10.1. The van der Waals surface area contributed by atoms with Crippen LogP contribution in [0.2, 0.25) is 6.04 Å². The first kappa shape index (κ1) is 13.1. The molecular formula is C6H17O2PS2Si. The van der Waals surface area contributed by atoms with Crippen molar-refractivity contribution in [2.75, 3.05) is 19.1 Å². The van der Waals surface area contributed by atoms with E-state index >= 15 is 0 Å². The van der Waals surface area contributed by atoms with Gasteiger partial charge in [0.15, 0.2) is 9.76 Å². The summed E-state index contributed by atoms with van der Waals surface area (Å²) in [6.45, 7) is 1.79. The summed E-state index contributed by atoms with van der Waals surface area (Å²) in [5.74, 6) is 0. The van der Waals surface area contributed by atoms with E-state index < -0.39 is 6.26 Å². The lowest BCUT2D eigenvalue weighted by Crippen LogP contribution is -1.92. The summed E-state index contributed by atoms with van der Waals surface area (Å²) in [7, 11) is -0.293. The highest BCUT2D eigenvalue weighted by Gasteiger charge is 2.02. The van der Waals surface area contributed by atoms with Crippen molar-refractivity contribution in [1.82, 2.24) is 0 Å². The molecule has 0 rings (SSSR count). The van der Waals surface area contributed by atoms with Crippen LogP contribution in [0.5, 0.6) is 0 Å². The molecule has 1 unspecified atom stereocenters. The van der Waals surface area contributed by atoms with Crippen molar-refractivity contribution in [2.45, 2.75) is 18.9 Å². The van der Waals surface area contributed by atoms with Gasteiger partial charge in [-0.05, 0) is 37.3 Å². The van der Waals surface area contributed by atoms with Gasteiger partial charge in [0, 0.05) is 6.26 Å². The summed E-state index contributed by atoms with van der Waals surface area (Å²) in [6.07, 6.45) is 3.09. The molecule has 2 nitrogen and oxygen atoms in total. The van der Waals surface area contributed by atoms with Crippen LogP contribution in [0.15, 0.2) is 0 Å². The van der Waals surface area contributed by atoms with Gasteiger partial charge in [-0.3, -0.25) is 0 Å². The maximum absolute atomic E-state index is 9.32. The average molecular weight is 244 g/mol. The lowest BCUT2D eigenvalue weighted by atomic mass is 10.4. The molecule has 1 atom stereocenters. The minimum atomic E-state index is -1.92. The molecule has 0 aliphatic heterocycles. The van der Waals surface area contributed by atoms with Crippen LogP contribution in [-0.4, -0.2) is 33.7 Å². The van der Waals surface area contributed by atoms with Crippen molar-refractivity contribution in [3.8, 4) is 0 Å². The summed E-state index contributed by atoms with van der Waals surface area (Å²) < 4.78 is 5.24. The molecule has 0 bridgehead atoms. The van der Waals surface area contributed by atoms with Gasteiger partial charge in [-0.25, -0.2) is 0 Å². The molecule has 0 radical (unpaired) electrons. The fourth-order valence-electron chi connectivity index (χ4n) is 0.826. The number of rotatable bonds is 7. The van der Waals surface area contributed by atoms with Gasteiger partial charge in [0.05, 0.1) is 6.26 Å². The largest absolute Gasteiger partial charge is 0.365 e. The minimum Gasteiger partial charge on any atom is -0.365 e. The lowest BCUT2D eigenvalue weighted by molar-refractivity contribution is 0.621. The molecule has 0 aliphatic carbocycles. The van der Waals surface area contributed by atoms with E-state index in [-0.39, 0.29) is 9.76 Å². The molecular weight excluding hydrogens is 227 g/mol. The van der Waals surface area contributed by atoms with Crippen LogP contribution >= 0.6 is 18.3 Å². The predicted molar refractivity (Wildman–Crippen MR) is 64.5 cm³/mol. The first-order valence-electron chi connectivity index (χ1n) is 4.01. The third kappa shape index (κ3) is 11.1. The highest BCUT2D eigenvalue weighted by molar-refractivity contribution is 8.11. The number of hydrogen-bond donors (Lipinski definition) is 1. The van der Waals surface area contributed by atoms with Crippen molar-refractivity contribution < 1.29 is 8.77 Å². The van der Waals surface area contributed by atoms with Crippen LogP contribution in [0.4, 0.5) is 0 Å². The first-order chi connectivity index (χ1) is 5.56. The van der Waals surface area contributed by atoms with Crippen molar-refractivity contribution >= 4 is 39.9 Å². The smallest absolute Gasteiger partial charge is 0.180 e. The molecule has 12 heavy (non-hydrogen) atoms. The fourth-order valence-corrected chi connectivity index (χ4v) is 3.72. The van der Waals surface area contributed by atoms with Crippen molar-refractivity contribution in [2.24, 2.45) is 0 Å². The molecule has 0 spiro atoms. The Balaban J connectivity index is 3.06. The van der Waals surface area contributed by atoms with E-state index in [0.29, 0.717) is 0 Å². The fraction of sp³-hybridized carbons (Fsp3) is 1.00. The van der Waals surface area contributed by atoms with Crippen LogP contribution in [-0.2, 0) is 15.7 Å². The first-order valence-corrected chi connectivity index (χ1v) is 10.1. The van der Waals surface area contributed by atoms with E-state index in [9.17, 15) is 4.89 Å². The van der Waals surface area contributed by atoms with Crippen molar-refractivity contribution in [1.29, 1.82) is 0 Å². The van der Waals surface area contributed by atoms with Crippen LogP contribution in [0.3, 0.4) is 0 Å². The van der Waals surface area contributed by atoms with Gasteiger partial charge in [0.25, 0.3) is 0 Å². The molecule has 0 amide bonds. The van der Waals surface area contributed by atoms with Gasteiger partial charge in [0.2, 0.25) is 0 Å². The third-order valence-electron chi connectivity index (χ3n) is 1.42. The van der Waals surface area contributed by atoms with E-state index in [1.54, 1.807) is 6.66 Å². The molecule has 0 fully saturated rings. The Labute approximate surface area is 86.7 Å². The molecule has 74 valence electrons. The standard InChI is InChI=1S/C6H17O2PS2Si/c1-9(7,10)5-3-4-6-12-8-11-2/h3-6,12H2,1-2H3,(H,7,10). The summed E-state index contributed by atoms with van der Waals surface area (Å²) in [5.41, 5.74) is 0. The lowest BCUT2D eigenvalue weighted by Gasteiger charge is -2.07. The Morgan fingerprint density at radius 3 is 2.75 bits per heavy atom. The maximum Gasteiger partial charge on any atom is 0.180 e. The van der Waals surface area contributed by atoms with Crippen LogP contribution < -0.4 is 0 Å². The molecule has 0 aromatic carbocycles. The van der Waals surface area contributed by atoms with Gasteiger partial charge < -0.3 is 8.77 Å². The second-order valence-electron chi connectivity index (χ2n) is 2.82. The van der Waals surface area contributed by atoms with E-state index in [0.717, 1.165) is 12.6 Å². The molecule has 0 heterocycles. The van der Waals surface area contributed by atoms with Crippen LogP contribution in [0, 0.1) is 0 Å². The third-order valence-corrected chi connectivity index (χ3v) is 5.51. The molecule has 0 saturated carbocycles. The predicted octanol–water partition coefficient (Wildman–Crippen LogP) is 1.58. The molecule has 1 N–H and O–H groups in total. The SMILES string of the molecule is CSO[SiH2]CCCCP(C)(O)=S. The summed E-state index contributed by atoms with van der Waals surface area (Å²) in [6, 6.07) is 1.20. The summed E-state index contributed by atoms with van der Waals surface area (Å²) in [5, 5.41) is 0. The topological polar surface area (TPSA) is 29.5 Å². The molecule has 0 saturated heterocycles. The zero-order valence-corrected chi connectivity index (χ0v) is 11.6. The van der Waals surface area contributed by atoms with E-state index in [4.69, 9.17) is 15.7 Å². The van der Waals surface area contributed by atoms with Gasteiger partial charge >= 0.3 is 0 Å². The van der Waals surface area contributed by atoms with Crippen molar-refractivity contribution in [3.63, 3.8) is 0 Å². The molecule has 0 aromatic heterocycles. The Kier molecular flexibility index (Phi) is 8.25. The van der Waals surface area contributed by atoms with Gasteiger partial charge in [0.1, 0.15) is 0 Å². The van der Waals surface area contributed by atoms with Gasteiger partial charge in [-0.15, -0.1) is 0 Å². The van der Waals surface area contributed by atoms with E-state index in [2.05, 4.69) is 0 Å². The van der Waals surface area contributed by atoms with Crippen LogP contribution in [0.1, 0.15) is 12.8 Å². The molecule has 0 aromatic rings. The van der Waals surface area contributed by atoms with E-state index in [1.165, 1.54) is 24.5 Å². The summed E-state index contributed by atoms with van der Waals surface area (Å²) >= 11 is 6.39. The van der Waals surface area contributed by atoms with Gasteiger partial charge in [-0.2, -0.15) is 0 Å². The quantitative estimate of drug-likeness (QED) is 0.319. The highest BCUT2D eigenvalue weighted by atomic mass is 32.4.